The highest BCUT2D eigenvalue weighted by molar-refractivity contribution is 5.51. The largest absolute Gasteiger partial charge is 0.481 e. The van der Waals surface area contributed by atoms with E-state index in [9.17, 15) is 0 Å². The number of benzene rings is 4. The quantitative estimate of drug-likeness (QED) is 0.268. The van der Waals surface area contributed by atoms with Gasteiger partial charge in [-0.05, 0) is 0 Å². The molecule has 0 amide bonds. The molecule has 4 aromatic rings. The predicted octanol–water partition coefficient (Wildman–Crippen LogP) is 7.19. The first-order valence-corrected chi connectivity index (χ1v) is 10.6. The van der Waals surface area contributed by atoms with E-state index in [-0.39, 0.29) is 0 Å². The van der Waals surface area contributed by atoms with Gasteiger partial charge in [0.05, 0.1) is 12.5 Å². The van der Waals surface area contributed by atoms with Gasteiger partial charge >= 0.3 is 0 Å². The highest BCUT2D eigenvalue weighted by Gasteiger charge is 2.59. The Morgan fingerprint density at radius 3 is 0.812 bits per heavy atom. The highest BCUT2D eigenvalue weighted by Crippen LogP contribution is 2.54. The van der Waals surface area contributed by atoms with Crippen molar-refractivity contribution in [3.63, 3.8) is 0 Å². The van der Waals surface area contributed by atoms with Gasteiger partial charge in [0.25, 0.3) is 0 Å². The minimum atomic E-state index is -1.10. The summed E-state index contributed by atoms with van der Waals surface area (Å²) in [6.45, 7) is 7.91. The summed E-state index contributed by atoms with van der Waals surface area (Å²) in [5.74, 6) is 0. The summed E-state index contributed by atoms with van der Waals surface area (Å²) in [6, 6.07) is 40.5. The van der Waals surface area contributed by atoms with Crippen molar-refractivity contribution in [3.05, 3.63) is 169 Å². The van der Waals surface area contributed by atoms with Crippen LogP contribution in [0.3, 0.4) is 0 Å². The van der Waals surface area contributed by atoms with Gasteiger partial charge in [-0.1, -0.05) is 134 Å². The molecule has 2 nitrogen and oxygen atoms in total. The normalized spacial score (nSPS) is 11.4. The monoisotopic (exact) mass is 418 g/mol. The Kier molecular flexibility index (Phi) is 6.23. The van der Waals surface area contributed by atoms with Crippen LogP contribution in [0.1, 0.15) is 22.3 Å². The summed E-state index contributed by atoms with van der Waals surface area (Å²) in [7, 11) is 0. The zero-order valence-electron chi connectivity index (χ0n) is 17.9. The van der Waals surface area contributed by atoms with Crippen molar-refractivity contribution in [1.29, 1.82) is 0 Å². The number of ether oxygens (including phenoxy) is 2. The maximum absolute atomic E-state index is 6.62. The van der Waals surface area contributed by atoms with E-state index >= 15 is 0 Å². The molecule has 0 aromatic heterocycles. The van der Waals surface area contributed by atoms with E-state index in [1.165, 1.54) is 12.5 Å². The summed E-state index contributed by atoms with van der Waals surface area (Å²) in [4.78, 5) is 0. The van der Waals surface area contributed by atoms with E-state index in [0.29, 0.717) is 0 Å². The zero-order valence-corrected chi connectivity index (χ0v) is 17.9. The number of hydrogen-bond donors (Lipinski definition) is 0. The lowest BCUT2D eigenvalue weighted by atomic mass is 9.66. The van der Waals surface area contributed by atoms with Crippen molar-refractivity contribution in [2.24, 2.45) is 0 Å². The molecule has 0 aliphatic heterocycles. The molecule has 2 heteroatoms. The highest BCUT2D eigenvalue weighted by atomic mass is 16.6. The van der Waals surface area contributed by atoms with Crippen LogP contribution >= 0.6 is 0 Å². The van der Waals surface area contributed by atoms with Crippen LogP contribution in [-0.4, -0.2) is 0 Å². The van der Waals surface area contributed by atoms with Crippen LogP contribution in [0.5, 0.6) is 0 Å². The average Bonchev–Trinajstić information content (AvgIpc) is 2.88. The maximum Gasteiger partial charge on any atom is 0.206 e. The molecule has 158 valence electrons. The van der Waals surface area contributed by atoms with Crippen LogP contribution in [0, 0.1) is 0 Å². The van der Waals surface area contributed by atoms with Crippen molar-refractivity contribution in [1.82, 2.24) is 0 Å². The second-order valence-corrected chi connectivity index (χ2v) is 7.40. The Hall–Kier alpha value is -4.04. The zero-order chi connectivity index (χ0) is 22.3. The molecular formula is C30H26O2. The minimum absolute atomic E-state index is 0.931. The smallest absolute Gasteiger partial charge is 0.206 e. The van der Waals surface area contributed by atoms with Crippen molar-refractivity contribution < 1.29 is 9.47 Å². The average molecular weight is 419 g/mol. The van der Waals surface area contributed by atoms with E-state index in [0.717, 1.165) is 22.3 Å². The third-order valence-corrected chi connectivity index (χ3v) is 5.74. The molecule has 0 spiro atoms. The summed E-state index contributed by atoms with van der Waals surface area (Å²) < 4.78 is 13.2. The van der Waals surface area contributed by atoms with Crippen LogP contribution in [0.2, 0.25) is 0 Å². The maximum atomic E-state index is 6.62. The van der Waals surface area contributed by atoms with Crippen LogP contribution in [-0.2, 0) is 20.7 Å². The van der Waals surface area contributed by atoms with Crippen LogP contribution in [0.4, 0.5) is 0 Å². The Morgan fingerprint density at radius 1 is 0.406 bits per heavy atom. The lowest BCUT2D eigenvalue weighted by molar-refractivity contribution is -0.124. The first-order valence-electron chi connectivity index (χ1n) is 10.6. The molecule has 4 rings (SSSR count). The van der Waals surface area contributed by atoms with Crippen LogP contribution in [0.25, 0.3) is 0 Å². The van der Waals surface area contributed by atoms with Crippen molar-refractivity contribution in [3.8, 4) is 0 Å². The van der Waals surface area contributed by atoms with Crippen LogP contribution < -0.4 is 0 Å². The summed E-state index contributed by atoms with van der Waals surface area (Å²) in [5, 5.41) is 0. The SMILES string of the molecule is C=COC(c1ccccc1)(c1ccccc1)C(OC=C)(c1ccccc1)c1ccccc1. The molecule has 0 unspecified atom stereocenters. The predicted molar refractivity (Wildman–Crippen MR) is 130 cm³/mol. The number of hydrogen-bond acceptors (Lipinski definition) is 2. The number of rotatable bonds is 9. The van der Waals surface area contributed by atoms with Gasteiger partial charge in [-0.25, -0.2) is 0 Å². The third-order valence-electron chi connectivity index (χ3n) is 5.74. The van der Waals surface area contributed by atoms with Gasteiger partial charge in [0.2, 0.25) is 11.2 Å². The van der Waals surface area contributed by atoms with E-state index in [1.54, 1.807) is 0 Å². The molecule has 0 bridgehead atoms. The van der Waals surface area contributed by atoms with Crippen molar-refractivity contribution >= 4 is 0 Å². The molecule has 4 aromatic carbocycles. The molecule has 0 heterocycles. The van der Waals surface area contributed by atoms with Crippen LogP contribution in [0.15, 0.2) is 147 Å². The van der Waals surface area contributed by atoms with Gasteiger partial charge < -0.3 is 9.47 Å². The van der Waals surface area contributed by atoms with E-state index in [4.69, 9.17) is 9.47 Å². The summed E-state index contributed by atoms with van der Waals surface area (Å²) >= 11 is 0. The Bertz CT molecular complexity index is 963. The van der Waals surface area contributed by atoms with Gasteiger partial charge in [-0.2, -0.15) is 0 Å². The summed E-state index contributed by atoms with van der Waals surface area (Å²) in [5.41, 5.74) is 1.52. The van der Waals surface area contributed by atoms with Gasteiger partial charge in [0.1, 0.15) is 0 Å². The Labute approximate surface area is 190 Å². The molecule has 0 fully saturated rings. The van der Waals surface area contributed by atoms with Gasteiger partial charge in [-0.15, -0.1) is 0 Å². The fourth-order valence-corrected chi connectivity index (χ4v) is 4.53. The molecule has 0 aliphatic rings. The lowest BCUT2D eigenvalue weighted by Gasteiger charge is -2.49. The molecule has 0 atom stereocenters. The molecule has 32 heavy (non-hydrogen) atoms. The lowest BCUT2D eigenvalue weighted by Crippen LogP contribution is -2.53. The van der Waals surface area contributed by atoms with Gasteiger partial charge in [-0.3, -0.25) is 0 Å². The molecule has 0 saturated heterocycles. The van der Waals surface area contributed by atoms with E-state index < -0.39 is 11.2 Å². The molecule has 0 N–H and O–H groups in total. The minimum Gasteiger partial charge on any atom is -0.481 e. The van der Waals surface area contributed by atoms with E-state index in [2.05, 4.69) is 61.7 Å². The van der Waals surface area contributed by atoms with E-state index in [1.807, 2.05) is 72.8 Å². The fraction of sp³-hybridized carbons (Fsp3) is 0.0667. The molecule has 0 radical (unpaired) electrons. The Morgan fingerprint density at radius 2 is 0.625 bits per heavy atom. The molecular weight excluding hydrogens is 392 g/mol. The standard InChI is InChI=1S/C30H26O2/c1-3-31-29(25-17-9-5-10-18-25,26-19-11-6-12-20-26)30(32-4-2,27-21-13-7-14-22-27)28-23-15-8-16-24-28/h3-24H,1-2H2. The molecule has 0 saturated carbocycles. The second-order valence-electron chi connectivity index (χ2n) is 7.40. The fourth-order valence-electron chi connectivity index (χ4n) is 4.53. The molecule has 0 aliphatic carbocycles. The third kappa shape index (κ3) is 3.40. The second kappa shape index (κ2) is 9.40. The first-order chi connectivity index (χ1) is 15.8. The van der Waals surface area contributed by atoms with Crippen molar-refractivity contribution in [2.45, 2.75) is 11.2 Å². The van der Waals surface area contributed by atoms with Crippen molar-refractivity contribution in [2.75, 3.05) is 0 Å². The Balaban J connectivity index is 2.22. The first kappa shape index (κ1) is 21.2. The summed E-state index contributed by atoms with van der Waals surface area (Å²) in [6.07, 6.45) is 2.99. The topological polar surface area (TPSA) is 18.5 Å². The van der Waals surface area contributed by atoms with Gasteiger partial charge in [0.15, 0.2) is 0 Å². The van der Waals surface area contributed by atoms with Gasteiger partial charge in [0, 0.05) is 22.3 Å².